The normalized spacial score (nSPS) is 16.6. The van der Waals surface area contributed by atoms with Crippen molar-refractivity contribution in [1.29, 1.82) is 0 Å². The van der Waals surface area contributed by atoms with Crippen LogP contribution in [0.25, 0.3) is 0 Å². The fourth-order valence-electron chi connectivity index (χ4n) is 3.76. The number of allylic oxidation sites excluding steroid dienone is 8. The fraction of sp³-hybridized carbons (Fsp3) is 0.375. The number of hydrogen-bond donors (Lipinski definition) is 2. The van der Waals surface area contributed by atoms with Crippen LogP contribution in [0.1, 0.15) is 69.2 Å². The summed E-state index contributed by atoms with van der Waals surface area (Å²) >= 11 is 0. The molecule has 0 unspecified atom stereocenters. The molecule has 2 aromatic rings. The summed E-state index contributed by atoms with van der Waals surface area (Å²) in [7, 11) is 0. The SMILES string of the molecule is CC1=[C-]C(C)(C)C(C)=C1C.CC1=[C-]C(C)(C)C(C)=C1C.Oc1cccc(F)c1.Oc1cccc(F)c1.[Zr+2]. The maximum Gasteiger partial charge on any atom is 2.00 e. The molecule has 2 aliphatic carbocycles. The van der Waals surface area contributed by atoms with Crippen LogP contribution in [-0.2, 0) is 26.2 Å². The van der Waals surface area contributed by atoms with Crippen molar-refractivity contribution >= 4 is 0 Å². The zero-order valence-electron chi connectivity index (χ0n) is 23.8. The van der Waals surface area contributed by atoms with E-state index >= 15 is 0 Å². The van der Waals surface area contributed by atoms with E-state index in [2.05, 4.69) is 81.4 Å². The second kappa shape index (κ2) is 14.6. The van der Waals surface area contributed by atoms with E-state index in [0.29, 0.717) is 0 Å². The maximum absolute atomic E-state index is 12.0. The van der Waals surface area contributed by atoms with Gasteiger partial charge in [0, 0.05) is 12.1 Å². The number of phenolic OH excluding ortho intramolecular Hbond substituents is 2. The topological polar surface area (TPSA) is 40.5 Å². The molecule has 0 radical (unpaired) electrons. The third-order valence-corrected chi connectivity index (χ3v) is 6.74. The van der Waals surface area contributed by atoms with E-state index in [1.165, 1.54) is 69.8 Å². The monoisotopic (exact) mass is 584 g/mol. The summed E-state index contributed by atoms with van der Waals surface area (Å²) in [5.41, 5.74) is 8.79. The third kappa shape index (κ3) is 10.9. The number of phenols is 2. The largest absolute Gasteiger partial charge is 2.00 e. The molecule has 4 rings (SSSR count). The van der Waals surface area contributed by atoms with E-state index in [-0.39, 0.29) is 48.5 Å². The molecular weight excluding hydrogens is 546 g/mol. The minimum absolute atomic E-state index is 0. The molecule has 37 heavy (non-hydrogen) atoms. The third-order valence-electron chi connectivity index (χ3n) is 6.74. The smallest absolute Gasteiger partial charge is 0.508 e. The Bertz CT molecular complexity index is 1060. The Kier molecular flexibility index (Phi) is 13.7. The minimum atomic E-state index is -0.412. The summed E-state index contributed by atoms with van der Waals surface area (Å²) in [5.74, 6) is -0.898. The fourth-order valence-corrected chi connectivity index (χ4v) is 3.76. The minimum Gasteiger partial charge on any atom is -0.508 e. The Hall–Kier alpha value is -2.26. The number of halogens is 2. The molecule has 5 heteroatoms. The summed E-state index contributed by atoms with van der Waals surface area (Å²) in [5, 5.41) is 17.1. The molecule has 0 bridgehead atoms. The Morgan fingerprint density at radius 3 is 1.00 bits per heavy atom. The van der Waals surface area contributed by atoms with Crippen LogP contribution in [-0.4, -0.2) is 10.2 Å². The van der Waals surface area contributed by atoms with Crippen LogP contribution in [0.3, 0.4) is 0 Å². The van der Waals surface area contributed by atoms with Crippen molar-refractivity contribution < 1.29 is 45.2 Å². The molecule has 0 atom stereocenters. The first-order valence-electron chi connectivity index (χ1n) is 12.0. The summed E-state index contributed by atoms with van der Waals surface area (Å²) in [6.45, 7) is 21.8. The predicted molar refractivity (Wildman–Crippen MR) is 145 cm³/mol. The van der Waals surface area contributed by atoms with Gasteiger partial charge in [0.05, 0.1) is 0 Å². The quantitative estimate of drug-likeness (QED) is 0.303. The molecule has 2 N–H and O–H groups in total. The molecular formula is C32H40F2O2Zr. The van der Waals surface area contributed by atoms with Gasteiger partial charge in [0.1, 0.15) is 23.1 Å². The van der Waals surface area contributed by atoms with Crippen LogP contribution in [0.5, 0.6) is 11.5 Å². The second-order valence-corrected chi connectivity index (χ2v) is 10.2. The van der Waals surface area contributed by atoms with E-state index in [9.17, 15) is 8.78 Å². The van der Waals surface area contributed by atoms with Crippen molar-refractivity contribution in [3.8, 4) is 11.5 Å². The number of aromatic hydroxyl groups is 2. The Balaban J connectivity index is 0.000000465. The Morgan fingerprint density at radius 1 is 0.595 bits per heavy atom. The molecule has 0 heterocycles. The average Bonchev–Trinajstić information content (AvgIpc) is 3.05. The van der Waals surface area contributed by atoms with Crippen molar-refractivity contribution in [2.24, 2.45) is 10.8 Å². The molecule has 198 valence electrons. The molecule has 0 saturated carbocycles. The molecule has 0 fully saturated rings. The van der Waals surface area contributed by atoms with Gasteiger partial charge in [-0.2, -0.15) is 22.3 Å². The van der Waals surface area contributed by atoms with Gasteiger partial charge in [0.15, 0.2) is 0 Å². The Morgan fingerprint density at radius 2 is 0.892 bits per heavy atom. The maximum atomic E-state index is 12.0. The summed E-state index contributed by atoms with van der Waals surface area (Å²) < 4.78 is 24.0. The van der Waals surface area contributed by atoms with Crippen LogP contribution >= 0.6 is 0 Å². The van der Waals surface area contributed by atoms with Gasteiger partial charge in [-0.25, -0.2) is 19.9 Å². The van der Waals surface area contributed by atoms with Gasteiger partial charge in [0.25, 0.3) is 0 Å². The van der Waals surface area contributed by atoms with Crippen LogP contribution in [0.4, 0.5) is 8.78 Å². The van der Waals surface area contributed by atoms with Crippen molar-refractivity contribution in [3.63, 3.8) is 0 Å². The van der Waals surface area contributed by atoms with Crippen molar-refractivity contribution in [1.82, 2.24) is 0 Å². The van der Waals surface area contributed by atoms with Crippen LogP contribution in [0.15, 0.2) is 82.0 Å². The Labute approximate surface area is 241 Å². The molecule has 0 saturated heterocycles. The first-order valence-corrected chi connectivity index (χ1v) is 12.0. The summed E-state index contributed by atoms with van der Waals surface area (Å²) in [6.07, 6.45) is 6.87. The van der Waals surface area contributed by atoms with E-state index in [1.807, 2.05) is 0 Å². The van der Waals surface area contributed by atoms with Crippen LogP contribution in [0.2, 0.25) is 0 Å². The molecule has 0 aromatic heterocycles. The molecule has 0 spiro atoms. The van der Waals surface area contributed by atoms with Gasteiger partial charge in [-0.05, 0) is 24.3 Å². The zero-order valence-corrected chi connectivity index (χ0v) is 26.2. The number of hydrogen-bond acceptors (Lipinski definition) is 2. The predicted octanol–water partition coefficient (Wildman–Crippen LogP) is 9.28. The summed E-state index contributed by atoms with van der Waals surface area (Å²) in [6, 6.07) is 10.4. The van der Waals surface area contributed by atoms with Gasteiger partial charge in [0.2, 0.25) is 0 Å². The van der Waals surface area contributed by atoms with Crippen molar-refractivity contribution in [2.45, 2.75) is 69.2 Å². The van der Waals surface area contributed by atoms with Crippen LogP contribution < -0.4 is 0 Å². The van der Waals surface area contributed by atoms with Crippen molar-refractivity contribution in [3.05, 3.63) is 106 Å². The van der Waals surface area contributed by atoms with Crippen molar-refractivity contribution in [2.75, 3.05) is 0 Å². The van der Waals surface area contributed by atoms with E-state index < -0.39 is 11.6 Å². The van der Waals surface area contributed by atoms with Gasteiger partial charge < -0.3 is 10.2 Å². The molecule has 2 aromatic carbocycles. The summed E-state index contributed by atoms with van der Waals surface area (Å²) in [4.78, 5) is 0. The molecule has 0 aliphatic heterocycles. The molecule has 2 nitrogen and oxygen atoms in total. The first kappa shape index (κ1) is 34.7. The zero-order chi connectivity index (χ0) is 27.8. The van der Waals surface area contributed by atoms with Gasteiger partial charge in [-0.3, -0.25) is 12.2 Å². The van der Waals surface area contributed by atoms with Gasteiger partial charge in [-0.15, -0.1) is 13.8 Å². The van der Waals surface area contributed by atoms with E-state index in [1.54, 1.807) is 0 Å². The number of benzene rings is 2. The van der Waals surface area contributed by atoms with Crippen LogP contribution in [0, 0.1) is 34.6 Å². The van der Waals surface area contributed by atoms with E-state index in [0.717, 1.165) is 12.1 Å². The molecule has 0 amide bonds. The van der Waals surface area contributed by atoms with Gasteiger partial charge in [-0.1, -0.05) is 78.4 Å². The standard InChI is InChI=1S/2C10H15.2C6H5FO.Zr/c2*1-7-6-10(4,5)9(3)8(7)2;2*7-5-2-1-3-6(8)4-5;/h2*1-5H3;2*1-4,8H;/q2*-1;;;+2. The second-order valence-electron chi connectivity index (χ2n) is 10.2. The molecule has 2 aliphatic rings. The van der Waals surface area contributed by atoms with Gasteiger partial charge >= 0.3 is 26.2 Å². The first-order chi connectivity index (χ1) is 16.5. The number of rotatable bonds is 0. The average molecular weight is 586 g/mol. The van der Waals surface area contributed by atoms with E-state index in [4.69, 9.17) is 10.2 Å².